The van der Waals surface area contributed by atoms with Crippen LogP contribution in [0.2, 0.25) is 0 Å². The molecule has 1 heteroatoms. The third-order valence-corrected chi connectivity index (χ3v) is 4.16. The fourth-order valence-corrected chi connectivity index (χ4v) is 2.91. The topological polar surface area (TPSA) is 26.0 Å². The first-order chi connectivity index (χ1) is 8.29. The van der Waals surface area contributed by atoms with Crippen molar-refractivity contribution in [2.45, 2.75) is 57.9 Å². The van der Waals surface area contributed by atoms with E-state index in [0.29, 0.717) is 6.04 Å². The van der Waals surface area contributed by atoms with Crippen LogP contribution in [0.1, 0.15) is 50.2 Å². The zero-order chi connectivity index (χ0) is 12.1. The second-order valence-corrected chi connectivity index (χ2v) is 5.44. The van der Waals surface area contributed by atoms with Gasteiger partial charge in [0.15, 0.2) is 0 Å². The molecule has 1 aliphatic rings. The molecule has 0 spiro atoms. The summed E-state index contributed by atoms with van der Waals surface area (Å²) < 4.78 is 0. The Bertz CT molecular complexity index is 322. The van der Waals surface area contributed by atoms with Crippen LogP contribution in [0, 0.1) is 5.92 Å². The van der Waals surface area contributed by atoms with Crippen LogP contribution in [0.15, 0.2) is 24.3 Å². The van der Waals surface area contributed by atoms with E-state index in [4.69, 9.17) is 5.73 Å². The molecular weight excluding hydrogens is 206 g/mol. The maximum absolute atomic E-state index is 6.35. The first-order valence-corrected chi connectivity index (χ1v) is 7.13. The smallest absolute Gasteiger partial charge is 0.0108 e. The van der Waals surface area contributed by atoms with Gasteiger partial charge in [0.25, 0.3) is 0 Å². The van der Waals surface area contributed by atoms with Crippen molar-refractivity contribution in [1.82, 2.24) is 0 Å². The van der Waals surface area contributed by atoms with Gasteiger partial charge in [-0.05, 0) is 42.7 Å². The molecule has 1 fully saturated rings. The van der Waals surface area contributed by atoms with E-state index in [2.05, 4.69) is 31.2 Å². The van der Waals surface area contributed by atoms with Crippen LogP contribution >= 0.6 is 0 Å². The van der Waals surface area contributed by atoms with Gasteiger partial charge >= 0.3 is 0 Å². The molecule has 17 heavy (non-hydrogen) atoms. The maximum Gasteiger partial charge on any atom is 0.0108 e. The minimum atomic E-state index is 0.364. The van der Waals surface area contributed by atoms with Crippen LogP contribution in [-0.4, -0.2) is 6.04 Å². The lowest BCUT2D eigenvalue weighted by Crippen LogP contribution is -2.33. The third kappa shape index (κ3) is 3.57. The van der Waals surface area contributed by atoms with Gasteiger partial charge in [0, 0.05) is 6.04 Å². The number of nitrogens with two attached hydrogens (primary N) is 1. The molecule has 0 saturated heterocycles. The van der Waals surface area contributed by atoms with Gasteiger partial charge in [-0.25, -0.2) is 0 Å². The van der Waals surface area contributed by atoms with Gasteiger partial charge < -0.3 is 5.73 Å². The van der Waals surface area contributed by atoms with Gasteiger partial charge in [0.05, 0.1) is 0 Å². The Balaban J connectivity index is 1.89. The van der Waals surface area contributed by atoms with E-state index < -0.39 is 0 Å². The third-order valence-electron chi connectivity index (χ3n) is 4.16. The van der Waals surface area contributed by atoms with Crippen molar-refractivity contribution in [2.24, 2.45) is 11.7 Å². The SMILES string of the molecule is CCc1ccc(CC(N)C2CCCCC2)cc1. The van der Waals surface area contributed by atoms with Gasteiger partial charge in [0.2, 0.25) is 0 Å². The van der Waals surface area contributed by atoms with Crippen molar-refractivity contribution in [3.05, 3.63) is 35.4 Å². The lowest BCUT2D eigenvalue weighted by molar-refractivity contribution is 0.303. The summed E-state index contributed by atoms with van der Waals surface area (Å²) in [5, 5.41) is 0. The molecule has 1 aliphatic carbocycles. The van der Waals surface area contributed by atoms with Crippen molar-refractivity contribution < 1.29 is 0 Å². The highest BCUT2D eigenvalue weighted by Gasteiger charge is 2.20. The highest BCUT2D eigenvalue weighted by atomic mass is 14.6. The van der Waals surface area contributed by atoms with Crippen LogP contribution < -0.4 is 5.73 Å². The van der Waals surface area contributed by atoms with Gasteiger partial charge in [-0.2, -0.15) is 0 Å². The average Bonchev–Trinajstić information content (AvgIpc) is 2.40. The van der Waals surface area contributed by atoms with E-state index in [-0.39, 0.29) is 0 Å². The summed E-state index contributed by atoms with van der Waals surface area (Å²) in [4.78, 5) is 0. The molecule has 1 aromatic carbocycles. The molecule has 1 unspecified atom stereocenters. The van der Waals surface area contributed by atoms with Gasteiger partial charge in [-0.15, -0.1) is 0 Å². The Morgan fingerprint density at radius 1 is 1.06 bits per heavy atom. The van der Waals surface area contributed by atoms with Crippen molar-refractivity contribution in [3.63, 3.8) is 0 Å². The molecule has 0 amide bonds. The fourth-order valence-electron chi connectivity index (χ4n) is 2.91. The second kappa shape index (κ2) is 6.20. The monoisotopic (exact) mass is 231 g/mol. The second-order valence-electron chi connectivity index (χ2n) is 5.44. The van der Waals surface area contributed by atoms with E-state index >= 15 is 0 Å². The molecule has 94 valence electrons. The Labute approximate surface area is 105 Å². The normalized spacial score (nSPS) is 19.2. The molecule has 0 radical (unpaired) electrons. The van der Waals surface area contributed by atoms with Gasteiger partial charge in [-0.3, -0.25) is 0 Å². The van der Waals surface area contributed by atoms with E-state index in [9.17, 15) is 0 Å². The lowest BCUT2D eigenvalue weighted by Gasteiger charge is -2.27. The summed E-state index contributed by atoms with van der Waals surface area (Å²) in [5.41, 5.74) is 9.17. The molecule has 1 aromatic rings. The van der Waals surface area contributed by atoms with Gasteiger partial charge in [0.1, 0.15) is 0 Å². The minimum absolute atomic E-state index is 0.364. The van der Waals surface area contributed by atoms with Crippen molar-refractivity contribution in [1.29, 1.82) is 0 Å². The summed E-state index contributed by atoms with van der Waals surface area (Å²) in [5.74, 6) is 0.759. The van der Waals surface area contributed by atoms with E-state index in [1.807, 2.05) is 0 Å². The number of hydrogen-bond donors (Lipinski definition) is 1. The van der Waals surface area contributed by atoms with Crippen LogP contribution in [-0.2, 0) is 12.8 Å². The first-order valence-electron chi connectivity index (χ1n) is 7.13. The van der Waals surface area contributed by atoms with Crippen LogP contribution in [0.4, 0.5) is 0 Å². The Morgan fingerprint density at radius 2 is 1.65 bits per heavy atom. The van der Waals surface area contributed by atoms with Crippen molar-refractivity contribution in [2.75, 3.05) is 0 Å². The highest BCUT2D eigenvalue weighted by molar-refractivity contribution is 5.23. The quantitative estimate of drug-likeness (QED) is 0.840. The zero-order valence-electron chi connectivity index (χ0n) is 11.0. The molecule has 1 atom stereocenters. The zero-order valence-corrected chi connectivity index (χ0v) is 11.0. The highest BCUT2D eigenvalue weighted by Crippen LogP contribution is 2.27. The molecule has 2 rings (SSSR count). The predicted octanol–water partition coefficient (Wildman–Crippen LogP) is 3.70. The molecule has 1 saturated carbocycles. The molecular formula is C16H25N. The Kier molecular flexibility index (Phi) is 4.61. The summed E-state index contributed by atoms with van der Waals surface area (Å²) in [7, 11) is 0. The van der Waals surface area contributed by atoms with Crippen LogP contribution in [0.25, 0.3) is 0 Å². The predicted molar refractivity (Wildman–Crippen MR) is 74.1 cm³/mol. The molecule has 2 N–H and O–H groups in total. The van der Waals surface area contributed by atoms with Crippen LogP contribution in [0.3, 0.4) is 0 Å². The van der Waals surface area contributed by atoms with E-state index in [1.54, 1.807) is 0 Å². The minimum Gasteiger partial charge on any atom is -0.327 e. The number of aryl methyl sites for hydroxylation is 1. The summed E-state index contributed by atoms with van der Waals surface area (Å²) >= 11 is 0. The summed E-state index contributed by atoms with van der Waals surface area (Å²) in [6.45, 7) is 2.20. The number of rotatable bonds is 4. The summed E-state index contributed by atoms with van der Waals surface area (Å²) in [6, 6.07) is 9.34. The fraction of sp³-hybridized carbons (Fsp3) is 0.625. The summed E-state index contributed by atoms with van der Waals surface area (Å²) in [6.07, 6.45) is 9.03. The van der Waals surface area contributed by atoms with Crippen molar-refractivity contribution >= 4 is 0 Å². The van der Waals surface area contributed by atoms with Gasteiger partial charge in [-0.1, -0.05) is 50.5 Å². The molecule has 0 aromatic heterocycles. The molecule has 1 nitrogen and oxygen atoms in total. The Morgan fingerprint density at radius 3 is 2.24 bits per heavy atom. The lowest BCUT2D eigenvalue weighted by atomic mass is 9.82. The largest absolute Gasteiger partial charge is 0.327 e. The molecule has 0 heterocycles. The first kappa shape index (κ1) is 12.6. The van der Waals surface area contributed by atoms with Crippen molar-refractivity contribution in [3.8, 4) is 0 Å². The Hall–Kier alpha value is -0.820. The number of hydrogen-bond acceptors (Lipinski definition) is 1. The number of benzene rings is 1. The van der Waals surface area contributed by atoms with E-state index in [1.165, 1.54) is 43.2 Å². The van der Waals surface area contributed by atoms with Crippen LogP contribution in [0.5, 0.6) is 0 Å². The molecule has 0 bridgehead atoms. The van der Waals surface area contributed by atoms with E-state index in [0.717, 1.165) is 18.8 Å². The average molecular weight is 231 g/mol. The maximum atomic E-state index is 6.35. The standard InChI is InChI=1S/C16H25N/c1-2-13-8-10-14(11-9-13)12-16(17)15-6-4-3-5-7-15/h8-11,15-16H,2-7,12,17H2,1H3. The molecule has 0 aliphatic heterocycles.